The second-order valence-corrected chi connectivity index (χ2v) is 8.70. The molecule has 0 spiro atoms. The molecule has 1 heterocycles. The number of halogens is 1. The molecule has 6 heteroatoms. The number of piperazine rings is 1. The Bertz CT molecular complexity index is 1170. The molecule has 3 aromatic rings. The number of aryl methyl sites for hydroxylation is 1. The maximum absolute atomic E-state index is 13.9. The van der Waals surface area contributed by atoms with Gasteiger partial charge in [-0.25, -0.2) is 4.39 Å². The highest BCUT2D eigenvalue weighted by atomic mass is 19.1. The van der Waals surface area contributed by atoms with Crippen LogP contribution < -0.4 is 9.47 Å². The molecule has 0 N–H and O–H groups in total. The quantitative estimate of drug-likeness (QED) is 0.427. The minimum Gasteiger partial charge on any atom is -0.496 e. The van der Waals surface area contributed by atoms with Gasteiger partial charge in [-0.1, -0.05) is 42.0 Å². The topological polar surface area (TPSA) is 42.0 Å². The fourth-order valence-corrected chi connectivity index (χ4v) is 4.08. The van der Waals surface area contributed by atoms with Gasteiger partial charge in [-0.05, 0) is 48.9 Å². The van der Waals surface area contributed by atoms with E-state index in [-0.39, 0.29) is 11.7 Å². The molecule has 0 unspecified atom stereocenters. The summed E-state index contributed by atoms with van der Waals surface area (Å²) in [7, 11) is 1.63. The van der Waals surface area contributed by atoms with Gasteiger partial charge in [0.05, 0.1) is 7.11 Å². The molecule has 1 saturated heterocycles. The van der Waals surface area contributed by atoms with E-state index in [0.717, 1.165) is 35.7 Å². The number of methoxy groups -OCH3 is 1. The first-order valence-electron chi connectivity index (χ1n) is 11.8. The Kier molecular flexibility index (Phi) is 8.16. The van der Waals surface area contributed by atoms with E-state index in [1.807, 2.05) is 72.5 Å². The van der Waals surface area contributed by atoms with Crippen LogP contribution >= 0.6 is 0 Å². The third-order valence-corrected chi connectivity index (χ3v) is 6.17. The molecule has 1 fully saturated rings. The molecule has 0 aliphatic carbocycles. The van der Waals surface area contributed by atoms with Crippen LogP contribution in [-0.4, -0.2) is 49.0 Å². The summed E-state index contributed by atoms with van der Waals surface area (Å²) in [6, 6.07) is 20.5. The molecule has 182 valence electrons. The van der Waals surface area contributed by atoms with Gasteiger partial charge in [0, 0.05) is 49.9 Å². The van der Waals surface area contributed by atoms with Crippen molar-refractivity contribution in [1.29, 1.82) is 0 Å². The van der Waals surface area contributed by atoms with E-state index in [1.165, 1.54) is 11.6 Å². The van der Waals surface area contributed by atoms with Crippen LogP contribution in [0.1, 0.15) is 22.3 Å². The number of carbonyl (C=O) groups is 1. The van der Waals surface area contributed by atoms with Crippen LogP contribution in [0.25, 0.3) is 6.08 Å². The lowest BCUT2D eigenvalue weighted by Crippen LogP contribution is -2.47. The average Bonchev–Trinajstić information content (AvgIpc) is 2.89. The number of hydrogen-bond acceptors (Lipinski definition) is 4. The minimum atomic E-state index is -0.183. The highest BCUT2D eigenvalue weighted by molar-refractivity contribution is 5.91. The number of amides is 1. The van der Waals surface area contributed by atoms with Crippen molar-refractivity contribution in [2.45, 2.75) is 20.1 Å². The number of rotatable bonds is 8. The maximum atomic E-state index is 13.9. The van der Waals surface area contributed by atoms with E-state index >= 15 is 0 Å². The highest BCUT2D eigenvalue weighted by Gasteiger charge is 2.20. The molecule has 0 saturated carbocycles. The number of nitrogens with zero attached hydrogens (tertiary/aromatic N) is 2. The average molecular weight is 475 g/mol. The summed E-state index contributed by atoms with van der Waals surface area (Å²) in [5.41, 5.74) is 3.68. The molecule has 0 bridgehead atoms. The second-order valence-electron chi connectivity index (χ2n) is 8.70. The molecule has 1 aliphatic rings. The summed E-state index contributed by atoms with van der Waals surface area (Å²) < 4.78 is 25.3. The van der Waals surface area contributed by atoms with Crippen molar-refractivity contribution in [2.75, 3.05) is 33.3 Å². The molecule has 5 nitrogen and oxygen atoms in total. The van der Waals surface area contributed by atoms with Crippen LogP contribution in [-0.2, 0) is 17.9 Å². The van der Waals surface area contributed by atoms with E-state index < -0.39 is 0 Å². The first-order chi connectivity index (χ1) is 17.0. The number of hydrogen-bond donors (Lipinski definition) is 0. The molecular weight excluding hydrogens is 443 g/mol. The predicted octanol–water partition coefficient (Wildman–Crippen LogP) is 5.08. The van der Waals surface area contributed by atoms with E-state index in [9.17, 15) is 9.18 Å². The Morgan fingerprint density at radius 2 is 1.71 bits per heavy atom. The minimum absolute atomic E-state index is 0.0242. The zero-order valence-corrected chi connectivity index (χ0v) is 20.2. The summed E-state index contributed by atoms with van der Waals surface area (Å²) >= 11 is 0. The van der Waals surface area contributed by atoms with Crippen molar-refractivity contribution < 1.29 is 18.7 Å². The lowest BCUT2D eigenvalue weighted by molar-refractivity contribution is -0.127. The predicted molar refractivity (Wildman–Crippen MR) is 136 cm³/mol. The molecule has 1 aliphatic heterocycles. The van der Waals surface area contributed by atoms with Crippen LogP contribution in [0.5, 0.6) is 11.5 Å². The lowest BCUT2D eigenvalue weighted by Gasteiger charge is -2.34. The number of ether oxygens (including phenoxy) is 2. The Balaban J connectivity index is 1.32. The standard InChI is InChI=1S/C29H31FN2O3/c1-22-7-11-26(12-8-22)35-21-25-19-23(9-13-28(25)34-2)10-14-29(33)32-17-15-31(16-18-32)20-24-5-3-4-6-27(24)30/h3-14,19H,15-18,20-21H2,1-2H3/b14-10+. The van der Waals surface area contributed by atoms with Crippen molar-refractivity contribution in [3.8, 4) is 11.5 Å². The summed E-state index contributed by atoms with van der Waals surface area (Å²) in [5, 5.41) is 0. The van der Waals surface area contributed by atoms with Crippen molar-refractivity contribution in [3.05, 3.63) is 101 Å². The van der Waals surface area contributed by atoms with Gasteiger partial charge in [0.25, 0.3) is 0 Å². The van der Waals surface area contributed by atoms with E-state index in [2.05, 4.69) is 4.90 Å². The first kappa shape index (κ1) is 24.5. The zero-order chi connectivity index (χ0) is 24.6. The molecule has 1 amide bonds. The molecule has 0 aromatic heterocycles. The SMILES string of the molecule is COc1ccc(/C=C/C(=O)N2CCN(Cc3ccccc3F)CC2)cc1COc1ccc(C)cc1. The first-order valence-corrected chi connectivity index (χ1v) is 11.8. The van der Waals surface area contributed by atoms with Crippen LogP contribution in [0.4, 0.5) is 4.39 Å². The molecule has 35 heavy (non-hydrogen) atoms. The Morgan fingerprint density at radius 3 is 2.43 bits per heavy atom. The fourth-order valence-electron chi connectivity index (χ4n) is 4.08. The summed E-state index contributed by atoms with van der Waals surface area (Å²) in [6.45, 7) is 5.64. The van der Waals surface area contributed by atoms with Gasteiger partial charge in [0.1, 0.15) is 23.9 Å². The molecule has 3 aromatic carbocycles. The molecule has 0 atom stereocenters. The monoisotopic (exact) mass is 474 g/mol. The van der Waals surface area contributed by atoms with Crippen molar-refractivity contribution >= 4 is 12.0 Å². The van der Waals surface area contributed by atoms with Crippen LogP contribution in [0, 0.1) is 12.7 Å². The van der Waals surface area contributed by atoms with Gasteiger partial charge in [0.15, 0.2) is 0 Å². The van der Waals surface area contributed by atoms with Crippen molar-refractivity contribution in [2.24, 2.45) is 0 Å². The molecule has 0 radical (unpaired) electrons. The maximum Gasteiger partial charge on any atom is 0.246 e. The van der Waals surface area contributed by atoms with Crippen LogP contribution in [0.2, 0.25) is 0 Å². The van der Waals surface area contributed by atoms with Crippen LogP contribution in [0.15, 0.2) is 72.8 Å². The van der Waals surface area contributed by atoms with Gasteiger partial charge >= 0.3 is 0 Å². The van der Waals surface area contributed by atoms with Crippen molar-refractivity contribution in [1.82, 2.24) is 9.80 Å². The Hall–Kier alpha value is -3.64. The van der Waals surface area contributed by atoms with E-state index in [0.29, 0.717) is 31.8 Å². The molecule has 4 rings (SSSR count). The van der Waals surface area contributed by atoms with Gasteiger partial charge in [-0.3, -0.25) is 9.69 Å². The van der Waals surface area contributed by atoms with Gasteiger partial charge in [-0.15, -0.1) is 0 Å². The van der Waals surface area contributed by atoms with E-state index in [4.69, 9.17) is 9.47 Å². The van der Waals surface area contributed by atoms with Gasteiger partial charge < -0.3 is 14.4 Å². The molecular formula is C29H31FN2O3. The normalized spacial score (nSPS) is 14.3. The van der Waals surface area contributed by atoms with Gasteiger partial charge in [0.2, 0.25) is 5.91 Å². The van der Waals surface area contributed by atoms with Crippen molar-refractivity contribution in [3.63, 3.8) is 0 Å². The van der Waals surface area contributed by atoms with Gasteiger partial charge in [-0.2, -0.15) is 0 Å². The Labute approximate surface area is 206 Å². The number of benzene rings is 3. The Morgan fingerprint density at radius 1 is 0.971 bits per heavy atom. The summed E-state index contributed by atoms with van der Waals surface area (Å²) in [5.74, 6) is 1.33. The largest absolute Gasteiger partial charge is 0.496 e. The second kappa shape index (κ2) is 11.7. The van der Waals surface area contributed by atoms with Crippen LogP contribution in [0.3, 0.4) is 0 Å². The summed E-state index contributed by atoms with van der Waals surface area (Å²) in [6.07, 6.45) is 3.43. The smallest absolute Gasteiger partial charge is 0.246 e. The van der Waals surface area contributed by atoms with E-state index in [1.54, 1.807) is 19.3 Å². The third-order valence-electron chi connectivity index (χ3n) is 6.17. The lowest BCUT2D eigenvalue weighted by atomic mass is 10.1. The summed E-state index contributed by atoms with van der Waals surface area (Å²) in [4.78, 5) is 16.8. The highest BCUT2D eigenvalue weighted by Crippen LogP contribution is 2.23. The third kappa shape index (κ3) is 6.70. The fraction of sp³-hybridized carbons (Fsp3) is 0.276. The number of carbonyl (C=O) groups excluding carboxylic acids is 1. The zero-order valence-electron chi connectivity index (χ0n) is 20.2.